The van der Waals surface area contributed by atoms with Gasteiger partial charge in [-0.1, -0.05) is 30.3 Å². The topological polar surface area (TPSA) is 114 Å². The zero-order valence-corrected chi connectivity index (χ0v) is 20.7. The Balaban J connectivity index is 1.18. The highest BCUT2D eigenvalue weighted by Gasteiger charge is 2.19. The van der Waals surface area contributed by atoms with Gasteiger partial charge < -0.3 is 9.73 Å². The summed E-state index contributed by atoms with van der Waals surface area (Å²) < 4.78 is 48.9. The van der Waals surface area contributed by atoms with E-state index < -0.39 is 10.0 Å². The lowest BCUT2D eigenvalue weighted by molar-refractivity contribution is 0.583. The lowest BCUT2D eigenvalue weighted by Crippen LogP contribution is -2.29. The van der Waals surface area contributed by atoms with E-state index in [1.54, 1.807) is 53.2 Å². The number of oxazole rings is 1. The van der Waals surface area contributed by atoms with Gasteiger partial charge in [0.2, 0.25) is 16.0 Å². The Kier molecular flexibility index (Phi) is 6.06. The van der Waals surface area contributed by atoms with Crippen molar-refractivity contribution in [3.8, 4) is 22.6 Å². The van der Waals surface area contributed by atoms with Crippen LogP contribution in [0.15, 0.2) is 101 Å². The van der Waals surface area contributed by atoms with Crippen molar-refractivity contribution in [2.75, 3.05) is 18.4 Å². The minimum absolute atomic E-state index is 0.127. The molecule has 0 radical (unpaired) electrons. The molecule has 6 aromatic rings. The third kappa shape index (κ3) is 4.60. The van der Waals surface area contributed by atoms with Crippen molar-refractivity contribution >= 4 is 32.6 Å². The van der Waals surface area contributed by atoms with E-state index in [2.05, 4.69) is 25.0 Å². The molecule has 0 aliphatic carbocycles. The molecular formula is C27H21FN6O3S. The van der Waals surface area contributed by atoms with Crippen molar-refractivity contribution in [2.24, 2.45) is 0 Å². The molecule has 0 spiro atoms. The first-order valence-electron chi connectivity index (χ1n) is 11.8. The molecule has 3 aromatic carbocycles. The number of nitrogens with zero attached hydrogens (tertiary/aromatic N) is 4. The molecule has 0 atom stereocenters. The van der Waals surface area contributed by atoms with E-state index in [0.29, 0.717) is 34.4 Å². The Labute approximate surface area is 217 Å². The van der Waals surface area contributed by atoms with E-state index in [-0.39, 0.29) is 23.8 Å². The van der Waals surface area contributed by atoms with Crippen molar-refractivity contribution in [1.29, 1.82) is 0 Å². The summed E-state index contributed by atoms with van der Waals surface area (Å²) in [5.41, 5.74) is 2.50. The molecular weight excluding hydrogens is 507 g/mol. The van der Waals surface area contributed by atoms with Crippen molar-refractivity contribution < 1.29 is 17.2 Å². The van der Waals surface area contributed by atoms with E-state index in [9.17, 15) is 12.8 Å². The van der Waals surface area contributed by atoms with Crippen LogP contribution in [0.25, 0.3) is 39.3 Å². The highest BCUT2D eigenvalue weighted by Crippen LogP contribution is 2.32. The molecule has 6 rings (SSSR count). The number of benzene rings is 3. The van der Waals surface area contributed by atoms with Gasteiger partial charge in [0.25, 0.3) is 0 Å². The highest BCUT2D eigenvalue weighted by atomic mass is 32.2. The molecule has 3 aromatic heterocycles. The summed E-state index contributed by atoms with van der Waals surface area (Å²) in [6.07, 6.45) is 4.83. The number of hydrogen-bond donors (Lipinski definition) is 2. The van der Waals surface area contributed by atoms with E-state index >= 15 is 0 Å². The van der Waals surface area contributed by atoms with E-state index in [1.165, 1.54) is 18.4 Å². The second kappa shape index (κ2) is 9.69. The van der Waals surface area contributed by atoms with E-state index in [0.717, 1.165) is 10.8 Å². The largest absolute Gasteiger partial charge is 0.432 e. The van der Waals surface area contributed by atoms with Crippen molar-refractivity contribution in [3.05, 3.63) is 97.3 Å². The van der Waals surface area contributed by atoms with Gasteiger partial charge in [0.05, 0.1) is 10.6 Å². The number of rotatable bonds is 8. The number of aromatic nitrogens is 4. The van der Waals surface area contributed by atoms with Crippen LogP contribution >= 0.6 is 0 Å². The molecule has 0 unspecified atom stereocenters. The maximum Gasteiger partial charge on any atom is 0.306 e. The van der Waals surface area contributed by atoms with Gasteiger partial charge in [0.15, 0.2) is 0 Å². The molecule has 0 aliphatic rings. The minimum atomic E-state index is -3.69. The zero-order valence-electron chi connectivity index (χ0n) is 19.9. The third-order valence-corrected chi connectivity index (χ3v) is 7.47. The predicted molar refractivity (Wildman–Crippen MR) is 142 cm³/mol. The van der Waals surface area contributed by atoms with Crippen LogP contribution in [-0.2, 0) is 10.0 Å². The fourth-order valence-corrected chi connectivity index (χ4v) is 5.26. The second-order valence-electron chi connectivity index (χ2n) is 8.47. The molecule has 9 nitrogen and oxygen atoms in total. The van der Waals surface area contributed by atoms with Gasteiger partial charge in [-0.15, -0.1) is 0 Å². The first-order valence-corrected chi connectivity index (χ1v) is 13.2. The Morgan fingerprint density at radius 3 is 2.58 bits per heavy atom. The summed E-state index contributed by atoms with van der Waals surface area (Å²) in [5.74, 6) is 0.342. The molecule has 38 heavy (non-hydrogen) atoms. The Bertz CT molecular complexity index is 1870. The third-order valence-electron chi connectivity index (χ3n) is 6.01. The van der Waals surface area contributed by atoms with Crippen LogP contribution < -0.4 is 10.0 Å². The van der Waals surface area contributed by atoms with Crippen molar-refractivity contribution in [2.45, 2.75) is 4.90 Å². The Morgan fingerprint density at radius 2 is 1.74 bits per heavy atom. The lowest BCUT2D eigenvalue weighted by Gasteiger charge is -2.10. The van der Waals surface area contributed by atoms with Crippen molar-refractivity contribution in [3.63, 3.8) is 0 Å². The van der Waals surface area contributed by atoms with Crippen LogP contribution in [0.3, 0.4) is 0 Å². The number of hydrogen-bond acceptors (Lipinski definition) is 7. The number of imidazole rings is 1. The van der Waals surface area contributed by atoms with Gasteiger partial charge in [-0.25, -0.2) is 27.5 Å². The van der Waals surface area contributed by atoms with Gasteiger partial charge in [-0.3, -0.25) is 4.40 Å². The average molecular weight is 529 g/mol. The van der Waals surface area contributed by atoms with Crippen LogP contribution in [0.2, 0.25) is 0 Å². The standard InChI is InChI=1S/C27H21FN6O3S/c28-21-8-5-19(6-9-21)24-25(34-15-16-37-27(34)33-24)23-11-12-29-26(32-23)30-13-14-31-38(35,36)22-10-7-18-3-1-2-4-20(18)17-22/h1-12,15-17,31H,13-14H2,(H,29,30,32). The predicted octanol–water partition coefficient (Wildman–Crippen LogP) is 4.73. The van der Waals surface area contributed by atoms with Crippen LogP contribution in [0.4, 0.5) is 10.3 Å². The fourth-order valence-electron chi connectivity index (χ4n) is 4.19. The molecule has 190 valence electrons. The molecule has 0 saturated carbocycles. The summed E-state index contributed by atoms with van der Waals surface area (Å²) >= 11 is 0. The fraction of sp³-hybridized carbons (Fsp3) is 0.0741. The van der Waals surface area contributed by atoms with Gasteiger partial charge in [0.1, 0.15) is 23.5 Å². The SMILES string of the molecule is O=S(=O)(NCCNc1nccc(-c2c(-c3ccc(F)cc3)nc3occn23)n1)c1ccc2ccccc2c1. The number of nitrogens with one attached hydrogen (secondary N) is 2. The van der Waals surface area contributed by atoms with Crippen molar-refractivity contribution in [1.82, 2.24) is 24.1 Å². The quantitative estimate of drug-likeness (QED) is 0.275. The molecule has 11 heteroatoms. The van der Waals surface area contributed by atoms with Gasteiger partial charge in [-0.05, 0) is 53.2 Å². The first-order chi connectivity index (χ1) is 18.5. The molecule has 0 bridgehead atoms. The van der Waals surface area contributed by atoms with Gasteiger partial charge in [-0.2, -0.15) is 4.98 Å². The average Bonchev–Trinajstić information content (AvgIpc) is 3.53. The molecule has 2 N–H and O–H groups in total. The van der Waals surface area contributed by atoms with Crippen LogP contribution in [0.1, 0.15) is 0 Å². The van der Waals surface area contributed by atoms with Gasteiger partial charge >= 0.3 is 5.84 Å². The Morgan fingerprint density at radius 1 is 0.921 bits per heavy atom. The zero-order chi connectivity index (χ0) is 26.1. The van der Waals surface area contributed by atoms with Crippen LogP contribution in [0, 0.1) is 5.82 Å². The minimum Gasteiger partial charge on any atom is -0.432 e. The summed E-state index contributed by atoms with van der Waals surface area (Å²) in [4.78, 5) is 13.6. The monoisotopic (exact) mass is 528 g/mol. The van der Waals surface area contributed by atoms with E-state index in [1.807, 2.05) is 24.3 Å². The molecule has 0 aliphatic heterocycles. The number of halogens is 1. The Hall–Kier alpha value is -4.61. The maximum atomic E-state index is 13.5. The summed E-state index contributed by atoms with van der Waals surface area (Å²) in [6.45, 7) is 0.386. The summed E-state index contributed by atoms with van der Waals surface area (Å²) in [7, 11) is -3.69. The van der Waals surface area contributed by atoms with Crippen LogP contribution in [-0.4, -0.2) is 40.9 Å². The molecule has 0 fully saturated rings. The normalized spacial score (nSPS) is 11.8. The van der Waals surface area contributed by atoms with Gasteiger partial charge in [0, 0.05) is 31.0 Å². The number of anilines is 1. The first kappa shape index (κ1) is 23.8. The smallest absolute Gasteiger partial charge is 0.306 e. The van der Waals surface area contributed by atoms with E-state index in [4.69, 9.17) is 4.42 Å². The summed E-state index contributed by atoms with van der Waals surface area (Å²) in [5, 5.41) is 4.88. The molecule has 3 heterocycles. The lowest BCUT2D eigenvalue weighted by atomic mass is 10.1. The summed E-state index contributed by atoms with van der Waals surface area (Å²) in [6, 6.07) is 20.4. The second-order valence-corrected chi connectivity index (χ2v) is 10.2. The maximum absolute atomic E-state index is 13.5. The highest BCUT2D eigenvalue weighted by molar-refractivity contribution is 7.89. The van der Waals surface area contributed by atoms with Crippen LogP contribution in [0.5, 0.6) is 0 Å². The molecule has 0 amide bonds. The number of fused-ring (bicyclic) bond motifs is 2. The molecule has 0 saturated heterocycles. The number of sulfonamides is 1.